The van der Waals surface area contributed by atoms with E-state index in [2.05, 4.69) is 6.58 Å². The third-order valence-corrected chi connectivity index (χ3v) is 4.64. The first-order chi connectivity index (χ1) is 10.4. The first-order valence-corrected chi connectivity index (χ1v) is 8.32. The average Bonchev–Trinajstić information content (AvgIpc) is 2.43. The van der Waals surface area contributed by atoms with Crippen LogP contribution in [0.25, 0.3) is 21.5 Å². The Bertz CT molecular complexity index is 1010. The molecule has 3 aromatic rings. The molecular weight excluding hydrogens is 335 g/mol. The van der Waals surface area contributed by atoms with E-state index < -0.39 is 10.1 Å². The van der Waals surface area contributed by atoms with Gasteiger partial charge >= 0.3 is 51.4 Å². The van der Waals surface area contributed by atoms with Gasteiger partial charge in [0.15, 0.2) is 0 Å². The second-order valence-corrected chi connectivity index (χ2v) is 6.88. The number of benzene rings is 3. The molecule has 0 aromatic heterocycles. The van der Waals surface area contributed by atoms with E-state index in [4.69, 9.17) is 0 Å². The van der Waals surface area contributed by atoms with Gasteiger partial charge in [-0.05, 0) is 47.2 Å². The summed E-state index contributed by atoms with van der Waals surface area (Å²) in [7, 11) is -4.57. The molecule has 0 heterocycles. The Morgan fingerprint density at radius 3 is 2.22 bits per heavy atom. The topological polar surface area (TPSA) is 57.2 Å². The third kappa shape index (κ3) is 3.94. The van der Waals surface area contributed by atoms with Crippen LogP contribution in [-0.4, -0.2) is 13.0 Å². The van der Waals surface area contributed by atoms with E-state index in [0.29, 0.717) is 17.4 Å². The molecule has 0 saturated carbocycles. The van der Waals surface area contributed by atoms with E-state index in [0.717, 1.165) is 21.7 Å². The van der Waals surface area contributed by atoms with Gasteiger partial charge in [0.25, 0.3) is 0 Å². The van der Waals surface area contributed by atoms with Crippen LogP contribution in [0.3, 0.4) is 0 Å². The fourth-order valence-electron chi connectivity index (χ4n) is 2.79. The maximum Gasteiger partial charge on any atom is 1.00 e. The molecule has 0 radical (unpaired) electrons. The van der Waals surface area contributed by atoms with Crippen molar-refractivity contribution in [3.8, 4) is 0 Å². The van der Waals surface area contributed by atoms with E-state index in [1.807, 2.05) is 43.3 Å². The van der Waals surface area contributed by atoms with Crippen molar-refractivity contribution in [2.45, 2.75) is 18.2 Å². The van der Waals surface area contributed by atoms with E-state index in [1.165, 1.54) is 0 Å². The summed E-state index contributed by atoms with van der Waals surface area (Å²) in [6, 6.07) is 14.9. The van der Waals surface area contributed by atoms with Crippen molar-refractivity contribution in [2.24, 2.45) is 0 Å². The Morgan fingerprint density at radius 2 is 1.65 bits per heavy atom. The summed E-state index contributed by atoms with van der Waals surface area (Å²) in [5.74, 6) is 0. The summed E-state index contributed by atoms with van der Waals surface area (Å²) < 4.78 is 35.4. The standard InChI is InChI=1S/C18H16O3S.K/c1-12(2)9-16-8-7-15-10-13-5-3-4-6-14(13)11-17(15)18(16)22(19,20)21;/h3-8,10-11H,1,9H2,2H3,(H,19,20,21);/q;+1/p-1. The van der Waals surface area contributed by atoms with Crippen LogP contribution >= 0.6 is 0 Å². The zero-order chi connectivity index (χ0) is 15.9. The first kappa shape index (κ1) is 18.8. The van der Waals surface area contributed by atoms with Crippen molar-refractivity contribution in [3.05, 3.63) is 66.2 Å². The van der Waals surface area contributed by atoms with Crippen LogP contribution in [0.4, 0.5) is 0 Å². The number of rotatable bonds is 3. The third-order valence-electron chi connectivity index (χ3n) is 3.66. The number of hydrogen-bond donors (Lipinski definition) is 0. The van der Waals surface area contributed by atoms with E-state index in [1.54, 1.807) is 12.1 Å². The minimum atomic E-state index is -4.57. The van der Waals surface area contributed by atoms with Gasteiger partial charge in [0.2, 0.25) is 0 Å². The van der Waals surface area contributed by atoms with E-state index in [-0.39, 0.29) is 56.3 Å². The molecule has 112 valence electrons. The minimum Gasteiger partial charge on any atom is -0.744 e. The smallest absolute Gasteiger partial charge is 0.744 e. The van der Waals surface area contributed by atoms with Gasteiger partial charge in [-0.2, -0.15) is 0 Å². The molecular formula is C18H15KO3S. The Morgan fingerprint density at radius 1 is 1.04 bits per heavy atom. The molecule has 0 N–H and O–H groups in total. The van der Waals surface area contributed by atoms with E-state index >= 15 is 0 Å². The molecule has 5 heteroatoms. The predicted molar refractivity (Wildman–Crippen MR) is 87.9 cm³/mol. The predicted octanol–water partition coefficient (Wildman–Crippen LogP) is 1.02. The van der Waals surface area contributed by atoms with Crippen LogP contribution in [0.2, 0.25) is 0 Å². The van der Waals surface area contributed by atoms with Crippen molar-refractivity contribution in [1.29, 1.82) is 0 Å². The first-order valence-electron chi connectivity index (χ1n) is 6.91. The van der Waals surface area contributed by atoms with Crippen LogP contribution < -0.4 is 51.4 Å². The van der Waals surface area contributed by atoms with Gasteiger partial charge < -0.3 is 4.55 Å². The summed E-state index contributed by atoms with van der Waals surface area (Å²) in [5, 5.41) is 3.15. The van der Waals surface area contributed by atoms with Gasteiger partial charge in [0, 0.05) is 5.39 Å². The van der Waals surface area contributed by atoms with Gasteiger partial charge in [0.05, 0.1) is 4.90 Å². The van der Waals surface area contributed by atoms with Gasteiger partial charge in [0.1, 0.15) is 10.1 Å². The second kappa shape index (κ2) is 7.15. The molecule has 0 spiro atoms. The molecule has 0 aliphatic carbocycles. The van der Waals surface area contributed by atoms with Crippen molar-refractivity contribution < 1.29 is 64.4 Å². The number of fused-ring (bicyclic) bond motifs is 2. The SMILES string of the molecule is C=C(C)Cc1ccc2cc3ccccc3cc2c1S(=O)(=O)[O-].[K+]. The van der Waals surface area contributed by atoms with Crippen molar-refractivity contribution in [2.75, 3.05) is 0 Å². The summed E-state index contributed by atoms with van der Waals surface area (Å²) >= 11 is 0. The molecule has 3 aromatic carbocycles. The molecule has 0 atom stereocenters. The number of hydrogen-bond acceptors (Lipinski definition) is 3. The van der Waals surface area contributed by atoms with Crippen molar-refractivity contribution in [1.82, 2.24) is 0 Å². The Balaban J connectivity index is 0.00000192. The second-order valence-electron chi connectivity index (χ2n) is 5.56. The molecule has 0 unspecified atom stereocenters. The van der Waals surface area contributed by atoms with Crippen molar-refractivity contribution >= 4 is 31.7 Å². The fourth-order valence-corrected chi connectivity index (χ4v) is 3.70. The zero-order valence-electron chi connectivity index (χ0n) is 13.2. The van der Waals surface area contributed by atoms with E-state index in [9.17, 15) is 13.0 Å². The molecule has 23 heavy (non-hydrogen) atoms. The summed E-state index contributed by atoms with van der Waals surface area (Å²) in [4.78, 5) is -0.126. The quantitative estimate of drug-likeness (QED) is 0.307. The molecule has 0 fully saturated rings. The Kier molecular flexibility index (Phi) is 5.84. The summed E-state index contributed by atoms with van der Waals surface area (Å²) in [6.07, 6.45) is 0.375. The molecule has 0 amide bonds. The fraction of sp³-hybridized carbons (Fsp3) is 0.111. The maximum absolute atomic E-state index is 11.8. The number of allylic oxidation sites excluding steroid dienone is 1. The average molecular weight is 350 g/mol. The van der Waals surface area contributed by atoms with Crippen LogP contribution in [0, 0.1) is 0 Å². The molecule has 0 aliphatic heterocycles. The molecule has 0 aliphatic rings. The van der Waals surface area contributed by atoms with Gasteiger partial charge in [-0.3, -0.25) is 0 Å². The van der Waals surface area contributed by atoms with Gasteiger partial charge in [-0.25, -0.2) is 8.42 Å². The Hall–Kier alpha value is -0.534. The van der Waals surface area contributed by atoms with Gasteiger partial charge in [-0.1, -0.05) is 48.6 Å². The minimum absolute atomic E-state index is 0. The Labute approximate surface area is 178 Å². The maximum atomic E-state index is 11.8. The van der Waals surface area contributed by atoms with Crippen LogP contribution in [-0.2, 0) is 16.5 Å². The normalized spacial score (nSPS) is 11.4. The molecule has 3 nitrogen and oxygen atoms in total. The van der Waals surface area contributed by atoms with Crippen LogP contribution in [0.1, 0.15) is 12.5 Å². The monoisotopic (exact) mass is 350 g/mol. The zero-order valence-corrected chi connectivity index (χ0v) is 17.1. The van der Waals surface area contributed by atoms with Crippen LogP contribution in [0.15, 0.2) is 65.6 Å². The van der Waals surface area contributed by atoms with Crippen molar-refractivity contribution in [3.63, 3.8) is 0 Å². The molecule has 0 saturated heterocycles. The van der Waals surface area contributed by atoms with Gasteiger partial charge in [-0.15, -0.1) is 0 Å². The summed E-state index contributed by atoms with van der Waals surface area (Å²) in [6.45, 7) is 5.62. The van der Waals surface area contributed by atoms with Crippen LogP contribution in [0.5, 0.6) is 0 Å². The molecule has 3 rings (SSSR count). The molecule has 0 bridgehead atoms. The summed E-state index contributed by atoms with van der Waals surface area (Å²) in [5.41, 5.74) is 1.32. The largest absolute Gasteiger partial charge is 1.00 e.